The number of nitriles is 1. The van der Waals surface area contributed by atoms with Crippen molar-refractivity contribution >= 4 is 33.0 Å². The molecule has 0 amide bonds. The number of rotatable bonds is 7. The van der Waals surface area contributed by atoms with Gasteiger partial charge in [-0.15, -0.1) is 0 Å². The summed E-state index contributed by atoms with van der Waals surface area (Å²) in [6.07, 6.45) is -3.40. The van der Waals surface area contributed by atoms with Crippen molar-refractivity contribution in [3.8, 4) is 17.3 Å². The summed E-state index contributed by atoms with van der Waals surface area (Å²) in [5.41, 5.74) is 2.32. The first-order chi connectivity index (χ1) is 17.1. The van der Waals surface area contributed by atoms with Gasteiger partial charge in [0.25, 0.3) is 0 Å². The molecule has 36 heavy (non-hydrogen) atoms. The van der Waals surface area contributed by atoms with E-state index in [0.717, 1.165) is 24.5 Å². The summed E-state index contributed by atoms with van der Waals surface area (Å²) in [5, 5.41) is 12.5. The molecule has 1 fully saturated rings. The van der Waals surface area contributed by atoms with Gasteiger partial charge in [0.1, 0.15) is 6.07 Å². The Balaban J connectivity index is 1.50. The number of ether oxygens (including phenoxy) is 1. The molecule has 1 saturated heterocycles. The van der Waals surface area contributed by atoms with Gasteiger partial charge >= 0.3 is 6.18 Å². The van der Waals surface area contributed by atoms with Crippen LogP contribution >= 0.6 is 0 Å². The Morgan fingerprint density at radius 1 is 1.08 bits per heavy atom. The number of nitrogens with one attached hydrogen (secondary N) is 2. The van der Waals surface area contributed by atoms with Crippen LogP contribution in [0.4, 0.5) is 36.2 Å². The topological polar surface area (TPSA) is 120 Å². The lowest BCUT2D eigenvalue weighted by atomic mass is 10.1. The molecule has 2 heterocycles. The maximum absolute atomic E-state index is 12.5. The molecule has 2 aromatic carbocycles. The molecule has 0 aliphatic carbocycles. The summed E-state index contributed by atoms with van der Waals surface area (Å²) in [5.74, 6) is -1.76. The van der Waals surface area contributed by atoms with Crippen LogP contribution < -0.4 is 14.9 Å². The van der Waals surface area contributed by atoms with Crippen LogP contribution in [0.2, 0.25) is 0 Å². The van der Waals surface area contributed by atoms with E-state index in [1.54, 1.807) is 12.1 Å². The van der Waals surface area contributed by atoms with E-state index < -0.39 is 22.0 Å². The van der Waals surface area contributed by atoms with Crippen LogP contribution in [0.5, 0.6) is 0 Å². The predicted octanol–water partition coefficient (Wildman–Crippen LogP) is 3.90. The van der Waals surface area contributed by atoms with Crippen molar-refractivity contribution in [2.45, 2.75) is 6.18 Å². The Hall–Kier alpha value is -3.89. The largest absolute Gasteiger partial charge is 0.404 e. The van der Waals surface area contributed by atoms with Crippen LogP contribution in [-0.4, -0.2) is 56.6 Å². The molecule has 3 aromatic rings. The highest BCUT2D eigenvalue weighted by Gasteiger charge is 2.35. The molecule has 13 heteroatoms. The molecule has 0 bridgehead atoms. The Labute approximate surface area is 205 Å². The van der Waals surface area contributed by atoms with E-state index in [0.29, 0.717) is 30.4 Å². The van der Waals surface area contributed by atoms with E-state index in [-0.39, 0.29) is 11.3 Å². The number of aromatic nitrogens is 2. The SMILES string of the molecule is N#Cc1cc(-c2ccnc(Nc3ccc(N4CCOCC4)cc3)n2)ccc1NS(=O)(=O)CC(F)(F)F. The molecule has 4 rings (SSSR count). The predicted molar refractivity (Wildman–Crippen MR) is 128 cm³/mol. The van der Waals surface area contributed by atoms with Crippen LogP contribution in [0.3, 0.4) is 0 Å². The van der Waals surface area contributed by atoms with Crippen molar-refractivity contribution in [2.24, 2.45) is 0 Å². The third-order valence-electron chi connectivity index (χ3n) is 5.21. The van der Waals surface area contributed by atoms with Gasteiger partial charge in [0, 0.05) is 36.2 Å². The van der Waals surface area contributed by atoms with E-state index in [4.69, 9.17) is 4.74 Å². The fourth-order valence-electron chi connectivity index (χ4n) is 3.59. The van der Waals surface area contributed by atoms with Crippen LogP contribution in [0.15, 0.2) is 54.7 Å². The zero-order valence-corrected chi connectivity index (χ0v) is 19.6. The second kappa shape index (κ2) is 10.4. The number of hydrogen-bond acceptors (Lipinski definition) is 8. The van der Waals surface area contributed by atoms with Gasteiger partial charge < -0.3 is 15.0 Å². The van der Waals surface area contributed by atoms with Gasteiger partial charge in [-0.3, -0.25) is 4.72 Å². The molecule has 0 spiro atoms. The molecule has 9 nitrogen and oxygen atoms in total. The number of sulfonamides is 1. The Bertz CT molecular complexity index is 1370. The Kier molecular flexibility index (Phi) is 7.27. The van der Waals surface area contributed by atoms with Gasteiger partial charge in [-0.05, 0) is 42.5 Å². The normalized spacial score (nSPS) is 14.2. The summed E-state index contributed by atoms with van der Waals surface area (Å²) in [7, 11) is -4.73. The first-order valence-electron chi connectivity index (χ1n) is 10.8. The van der Waals surface area contributed by atoms with Crippen LogP contribution in [0.25, 0.3) is 11.3 Å². The second-order valence-electron chi connectivity index (χ2n) is 7.89. The highest BCUT2D eigenvalue weighted by atomic mass is 32.2. The maximum Gasteiger partial charge on any atom is 0.404 e. The van der Waals surface area contributed by atoms with E-state index >= 15 is 0 Å². The number of alkyl halides is 3. The van der Waals surface area contributed by atoms with E-state index in [9.17, 15) is 26.9 Å². The van der Waals surface area contributed by atoms with Crippen LogP contribution in [-0.2, 0) is 14.8 Å². The van der Waals surface area contributed by atoms with E-state index in [1.165, 1.54) is 24.4 Å². The van der Waals surface area contributed by atoms with Gasteiger partial charge in [-0.1, -0.05) is 6.07 Å². The minimum Gasteiger partial charge on any atom is -0.378 e. The molecule has 1 aromatic heterocycles. The number of nitrogens with zero attached hydrogens (tertiary/aromatic N) is 4. The molecule has 0 unspecified atom stereocenters. The molecule has 0 radical (unpaired) electrons. The molecular weight excluding hydrogens is 497 g/mol. The Morgan fingerprint density at radius 3 is 2.47 bits per heavy atom. The minimum atomic E-state index is -4.91. The summed E-state index contributed by atoms with van der Waals surface area (Å²) in [4.78, 5) is 10.9. The zero-order valence-electron chi connectivity index (χ0n) is 18.8. The molecule has 0 atom stereocenters. The third kappa shape index (κ3) is 6.61. The van der Waals surface area contributed by atoms with Gasteiger partial charge in [0.15, 0.2) is 5.75 Å². The smallest absolute Gasteiger partial charge is 0.378 e. The fraction of sp³-hybridized carbons (Fsp3) is 0.261. The van der Waals surface area contributed by atoms with Crippen molar-refractivity contribution < 1.29 is 26.3 Å². The first kappa shape index (κ1) is 25.2. The molecule has 188 valence electrons. The highest BCUT2D eigenvalue weighted by molar-refractivity contribution is 7.92. The Morgan fingerprint density at radius 2 is 1.81 bits per heavy atom. The second-order valence-corrected chi connectivity index (χ2v) is 9.61. The van der Waals surface area contributed by atoms with E-state index in [1.807, 2.05) is 29.0 Å². The molecular formula is C23H21F3N6O3S. The number of halogens is 3. The quantitative estimate of drug-likeness (QED) is 0.483. The number of morpholine rings is 1. The van der Waals surface area contributed by atoms with Crippen LogP contribution in [0, 0.1) is 11.3 Å². The van der Waals surface area contributed by atoms with Gasteiger partial charge in [0.2, 0.25) is 16.0 Å². The van der Waals surface area contributed by atoms with Crippen molar-refractivity contribution in [1.82, 2.24) is 9.97 Å². The maximum atomic E-state index is 12.5. The third-order valence-corrected chi connectivity index (χ3v) is 6.45. The lowest BCUT2D eigenvalue weighted by Crippen LogP contribution is -2.36. The minimum absolute atomic E-state index is 0.148. The summed E-state index contributed by atoms with van der Waals surface area (Å²) < 4.78 is 68.3. The van der Waals surface area contributed by atoms with Crippen molar-refractivity contribution in [2.75, 3.05) is 47.0 Å². The lowest BCUT2D eigenvalue weighted by Gasteiger charge is -2.28. The van der Waals surface area contributed by atoms with Gasteiger partial charge in [-0.25, -0.2) is 18.4 Å². The molecule has 2 N–H and O–H groups in total. The van der Waals surface area contributed by atoms with Crippen LogP contribution in [0.1, 0.15) is 5.56 Å². The number of hydrogen-bond donors (Lipinski definition) is 2. The number of benzene rings is 2. The van der Waals surface area contributed by atoms with Crippen molar-refractivity contribution in [1.29, 1.82) is 5.26 Å². The first-order valence-corrected chi connectivity index (χ1v) is 12.4. The highest BCUT2D eigenvalue weighted by Crippen LogP contribution is 2.27. The average Bonchev–Trinajstić information content (AvgIpc) is 2.84. The number of anilines is 4. The lowest BCUT2D eigenvalue weighted by molar-refractivity contribution is -0.106. The fourth-order valence-corrected chi connectivity index (χ4v) is 4.61. The standard InChI is InChI=1S/C23H21F3N6O3S/c24-23(25,26)15-36(33,34)31-21-6-1-16(13-17(21)14-27)20-7-8-28-22(30-20)29-18-2-4-19(5-3-18)32-9-11-35-12-10-32/h1-8,13,31H,9-12,15H2,(H,28,29,30). The monoisotopic (exact) mass is 518 g/mol. The van der Waals surface area contributed by atoms with Crippen molar-refractivity contribution in [3.05, 3.63) is 60.3 Å². The van der Waals surface area contributed by atoms with Crippen molar-refractivity contribution in [3.63, 3.8) is 0 Å². The average molecular weight is 519 g/mol. The summed E-state index contributed by atoms with van der Waals surface area (Å²) in [6, 6.07) is 15.2. The molecule has 0 saturated carbocycles. The molecule has 1 aliphatic heterocycles. The van der Waals surface area contributed by atoms with Gasteiger partial charge in [-0.2, -0.15) is 18.4 Å². The van der Waals surface area contributed by atoms with E-state index in [2.05, 4.69) is 20.2 Å². The summed E-state index contributed by atoms with van der Waals surface area (Å²) >= 11 is 0. The van der Waals surface area contributed by atoms with Gasteiger partial charge in [0.05, 0.1) is 30.2 Å². The summed E-state index contributed by atoms with van der Waals surface area (Å²) in [6.45, 7) is 3.03. The molecule has 1 aliphatic rings. The zero-order chi connectivity index (χ0) is 25.8.